The van der Waals surface area contributed by atoms with Crippen LogP contribution >= 0.6 is 0 Å². The maximum atomic E-state index is 7.89. The molecule has 0 aliphatic rings. The van der Waals surface area contributed by atoms with Crippen molar-refractivity contribution >= 4 is 17.9 Å². The quantitative estimate of drug-likeness (QED) is 0.650. The molecule has 0 aliphatic heterocycles. The van der Waals surface area contributed by atoms with Crippen LogP contribution in [0.15, 0.2) is 29.0 Å². The van der Waals surface area contributed by atoms with Crippen molar-refractivity contribution < 1.29 is 0 Å². The zero-order valence-corrected chi connectivity index (χ0v) is 12.4. The Balaban J connectivity index is 0.00000106. The summed E-state index contributed by atoms with van der Waals surface area (Å²) in [6.45, 7) is 5.74. The molecule has 0 aliphatic carbocycles. The average molecular weight is 287 g/mol. The number of rotatable bonds is 2. The van der Waals surface area contributed by atoms with Gasteiger partial charge in [-0.1, -0.05) is 13.8 Å². The zero-order valence-electron chi connectivity index (χ0n) is 12.4. The smallest absolute Gasteiger partial charge is 0.200 e. The summed E-state index contributed by atoms with van der Waals surface area (Å²) in [5.74, 6) is 0.775. The molecule has 2 aromatic rings. The third-order valence-corrected chi connectivity index (χ3v) is 2.09. The lowest BCUT2D eigenvalue weighted by molar-refractivity contribution is 0.755. The summed E-state index contributed by atoms with van der Waals surface area (Å²) < 4.78 is 1.45. The summed E-state index contributed by atoms with van der Waals surface area (Å²) in [5, 5.41) is 11.8. The summed E-state index contributed by atoms with van der Waals surface area (Å²) >= 11 is 0. The van der Waals surface area contributed by atoms with E-state index in [9.17, 15) is 0 Å². The first-order valence-corrected chi connectivity index (χ1v) is 6.35. The van der Waals surface area contributed by atoms with Gasteiger partial charge in [0.2, 0.25) is 5.82 Å². The molecule has 0 aromatic carbocycles. The summed E-state index contributed by atoms with van der Waals surface area (Å²) in [7, 11) is 1.68. The molecule has 0 saturated carbocycles. The van der Waals surface area contributed by atoms with E-state index in [0.717, 1.165) is 0 Å². The van der Waals surface area contributed by atoms with Gasteiger partial charge < -0.3 is 0 Å². The monoisotopic (exact) mass is 287 g/mol. The van der Waals surface area contributed by atoms with Gasteiger partial charge >= 0.3 is 0 Å². The molecule has 110 valence electrons. The van der Waals surface area contributed by atoms with Crippen molar-refractivity contribution in [1.29, 1.82) is 5.41 Å². The lowest BCUT2D eigenvalue weighted by Gasteiger charge is -2.00. The molecule has 2 aromatic heterocycles. The van der Waals surface area contributed by atoms with Gasteiger partial charge in [0.05, 0.1) is 0 Å². The maximum Gasteiger partial charge on any atom is 0.200 e. The topological polar surface area (TPSA) is 118 Å². The molecule has 2 rings (SSSR count). The van der Waals surface area contributed by atoms with E-state index in [1.807, 2.05) is 13.8 Å². The molecule has 0 unspecified atom stereocenters. The molecule has 2 heterocycles. The number of nitrogens with zero attached hydrogens (tertiary/aromatic N) is 8. The van der Waals surface area contributed by atoms with E-state index in [-0.39, 0.29) is 11.7 Å². The summed E-state index contributed by atoms with van der Waals surface area (Å²) in [6.07, 6.45) is 5.58. The summed E-state index contributed by atoms with van der Waals surface area (Å²) in [5.41, 5.74) is 0. The largest absolute Gasteiger partial charge is 0.280 e. The predicted molar refractivity (Wildman–Crippen MR) is 79.7 cm³/mol. The minimum absolute atomic E-state index is 0.0685. The normalized spacial score (nSPS) is 11.1. The van der Waals surface area contributed by atoms with Crippen molar-refractivity contribution in [2.24, 2.45) is 17.0 Å². The molecule has 0 bridgehead atoms. The van der Waals surface area contributed by atoms with Crippen molar-refractivity contribution in [2.45, 2.75) is 20.8 Å². The Morgan fingerprint density at radius 1 is 1.19 bits per heavy atom. The van der Waals surface area contributed by atoms with E-state index in [2.05, 4.69) is 35.0 Å². The van der Waals surface area contributed by atoms with Crippen LogP contribution in [0.4, 0.5) is 0 Å². The highest BCUT2D eigenvalue weighted by molar-refractivity contribution is 6.09. The first-order valence-electron chi connectivity index (χ1n) is 6.35. The highest BCUT2D eigenvalue weighted by Gasteiger charge is 2.11. The number of aliphatic imine (C=N–C) groups is 2. The van der Waals surface area contributed by atoms with Crippen molar-refractivity contribution in [3.8, 4) is 0 Å². The Morgan fingerprint density at radius 3 is 2.38 bits per heavy atom. The highest BCUT2D eigenvalue weighted by atomic mass is 15.3. The van der Waals surface area contributed by atoms with Gasteiger partial charge in [0.1, 0.15) is 19.0 Å². The number of aryl methyl sites for hydroxylation is 1. The van der Waals surface area contributed by atoms with E-state index in [0.29, 0.717) is 11.6 Å². The molecule has 9 nitrogen and oxygen atoms in total. The zero-order chi connectivity index (χ0) is 15.7. The standard InChI is InChI=1S/C10H11N9.C2H6/c1-3-13-9(8-14-4-12-5-15-8)18-7(11)10-16-6-17-19(10)2;1-2/h3-6,11H,1-2H3;1-2H3. The van der Waals surface area contributed by atoms with Crippen molar-refractivity contribution in [1.82, 2.24) is 29.7 Å². The molecule has 1 N–H and O–H groups in total. The van der Waals surface area contributed by atoms with Crippen molar-refractivity contribution in [3.05, 3.63) is 30.6 Å². The summed E-state index contributed by atoms with van der Waals surface area (Å²) in [6, 6.07) is 0. The van der Waals surface area contributed by atoms with E-state index in [4.69, 9.17) is 5.41 Å². The first kappa shape index (κ1) is 16.2. The Labute approximate surface area is 122 Å². The average Bonchev–Trinajstić information content (AvgIpc) is 2.96. The second-order valence-electron chi connectivity index (χ2n) is 3.34. The number of hydrogen-bond acceptors (Lipinski definition) is 6. The SMILES string of the molecule is CC.CC=NC(=NC(=N)c1ncnn1C)c1ncncn1. The fourth-order valence-corrected chi connectivity index (χ4v) is 1.28. The van der Waals surface area contributed by atoms with Gasteiger partial charge in [0, 0.05) is 13.3 Å². The van der Waals surface area contributed by atoms with E-state index in [1.165, 1.54) is 23.7 Å². The van der Waals surface area contributed by atoms with Gasteiger partial charge in [-0.3, -0.25) is 5.41 Å². The first-order chi connectivity index (χ1) is 10.2. The molecule has 21 heavy (non-hydrogen) atoms. The van der Waals surface area contributed by atoms with Crippen LogP contribution in [0, 0.1) is 5.41 Å². The minimum atomic E-state index is -0.0685. The van der Waals surface area contributed by atoms with Gasteiger partial charge in [-0.25, -0.2) is 34.6 Å². The Kier molecular flexibility index (Phi) is 6.45. The van der Waals surface area contributed by atoms with Crippen LogP contribution in [0.25, 0.3) is 0 Å². The molecule has 0 atom stereocenters. The molecular formula is C12H17N9. The second-order valence-corrected chi connectivity index (χ2v) is 3.34. The van der Waals surface area contributed by atoms with Crippen molar-refractivity contribution in [2.75, 3.05) is 0 Å². The third kappa shape index (κ3) is 4.34. The van der Waals surface area contributed by atoms with E-state index in [1.54, 1.807) is 20.2 Å². The van der Waals surface area contributed by atoms with Crippen LogP contribution < -0.4 is 0 Å². The van der Waals surface area contributed by atoms with Crippen LogP contribution in [0.2, 0.25) is 0 Å². The molecule has 0 amide bonds. The Morgan fingerprint density at radius 2 is 1.86 bits per heavy atom. The van der Waals surface area contributed by atoms with Gasteiger partial charge in [0.15, 0.2) is 17.5 Å². The fraction of sp³-hybridized carbons (Fsp3) is 0.333. The molecular weight excluding hydrogens is 270 g/mol. The highest BCUT2D eigenvalue weighted by Crippen LogP contribution is 1.99. The number of aromatic nitrogens is 6. The van der Waals surface area contributed by atoms with Crippen LogP contribution in [-0.4, -0.2) is 47.6 Å². The van der Waals surface area contributed by atoms with Gasteiger partial charge in [-0.15, -0.1) is 0 Å². The van der Waals surface area contributed by atoms with Gasteiger partial charge in [-0.2, -0.15) is 5.10 Å². The van der Waals surface area contributed by atoms with Gasteiger partial charge in [-0.05, 0) is 6.92 Å². The van der Waals surface area contributed by atoms with Gasteiger partial charge in [0.25, 0.3) is 0 Å². The lowest BCUT2D eigenvalue weighted by atomic mass is 10.5. The molecule has 0 radical (unpaired) electrons. The molecule has 9 heteroatoms. The van der Waals surface area contributed by atoms with Crippen molar-refractivity contribution in [3.63, 3.8) is 0 Å². The second kappa shape index (κ2) is 8.35. The Bertz CT molecular complexity index is 627. The van der Waals surface area contributed by atoms with E-state index >= 15 is 0 Å². The Hall–Kier alpha value is -2.84. The number of nitrogens with one attached hydrogen (secondary N) is 1. The van der Waals surface area contributed by atoms with E-state index < -0.39 is 0 Å². The molecule has 0 spiro atoms. The summed E-state index contributed by atoms with van der Waals surface area (Å²) in [4.78, 5) is 23.7. The fourth-order valence-electron chi connectivity index (χ4n) is 1.28. The predicted octanol–water partition coefficient (Wildman–Crippen LogP) is 0.889. The maximum absolute atomic E-state index is 7.89. The number of amidine groups is 2. The lowest BCUT2D eigenvalue weighted by Crippen LogP contribution is -2.11. The van der Waals surface area contributed by atoms with Crippen LogP contribution in [-0.2, 0) is 7.05 Å². The third-order valence-electron chi connectivity index (χ3n) is 2.09. The molecule has 0 fully saturated rings. The number of hydrogen-bond donors (Lipinski definition) is 1. The minimum Gasteiger partial charge on any atom is -0.280 e. The van der Waals surface area contributed by atoms with Crippen LogP contribution in [0.5, 0.6) is 0 Å². The van der Waals surface area contributed by atoms with Crippen LogP contribution in [0.1, 0.15) is 32.4 Å². The van der Waals surface area contributed by atoms with Crippen LogP contribution in [0.3, 0.4) is 0 Å². The molecule has 0 saturated heterocycles.